The average Bonchev–Trinajstić information content (AvgIpc) is 3.20. The summed E-state index contributed by atoms with van der Waals surface area (Å²) in [7, 11) is 0. The highest BCUT2D eigenvalue weighted by atomic mass is 35.5. The van der Waals surface area contributed by atoms with Gasteiger partial charge in [0.15, 0.2) is 0 Å². The number of aliphatic hydroxyl groups excluding tert-OH is 1. The van der Waals surface area contributed by atoms with Gasteiger partial charge in [-0.25, -0.2) is 4.68 Å². The predicted octanol–water partition coefficient (Wildman–Crippen LogP) is 4.42. The fraction of sp³-hybridized carbons (Fsp3) is 0.429. The number of hydrogen-bond donors (Lipinski definition) is 1. The number of rotatable bonds is 5. The molecule has 1 aliphatic carbocycles. The highest BCUT2D eigenvalue weighted by molar-refractivity contribution is 7.09. The molecule has 1 N–H and O–H groups in total. The molecular formula is C21H23ClN4OS. The zero-order chi connectivity index (χ0) is 19.1. The molecule has 3 atom stereocenters. The van der Waals surface area contributed by atoms with Crippen molar-refractivity contribution in [3.8, 4) is 0 Å². The van der Waals surface area contributed by atoms with Crippen LogP contribution in [0.5, 0.6) is 0 Å². The third-order valence-corrected chi connectivity index (χ3v) is 6.94. The van der Waals surface area contributed by atoms with Gasteiger partial charge in [-0.3, -0.25) is 4.90 Å². The van der Waals surface area contributed by atoms with Gasteiger partial charge in [0.05, 0.1) is 17.8 Å². The maximum Gasteiger partial charge on any atom is 0.0892 e. The van der Waals surface area contributed by atoms with E-state index >= 15 is 0 Å². The first kappa shape index (κ1) is 18.3. The van der Waals surface area contributed by atoms with Gasteiger partial charge in [-0.15, -0.1) is 16.4 Å². The lowest BCUT2D eigenvalue weighted by Gasteiger charge is -2.42. The van der Waals surface area contributed by atoms with Crippen LogP contribution in [0.25, 0.3) is 0 Å². The maximum atomic E-state index is 10.9. The van der Waals surface area contributed by atoms with Gasteiger partial charge in [-0.2, -0.15) is 0 Å². The first-order valence-corrected chi connectivity index (χ1v) is 11.0. The molecule has 3 heterocycles. The Morgan fingerprint density at radius 3 is 2.71 bits per heavy atom. The number of β-amino-alcohol motifs (C(OH)–C–C–N with tert-alkyl or cyclic N) is 1. The van der Waals surface area contributed by atoms with Crippen LogP contribution in [-0.2, 0) is 6.54 Å². The van der Waals surface area contributed by atoms with Crippen molar-refractivity contribution in [2.75, 3.05) is 6.54 Å². The second kappa shape index (κ2) is 7.59. The number of nitrogens with zero attached hydrogens (tertiary/aromatic N) is 4. The Morgan fingerprint density at radius 1 is 1.18 bits per heavy atom. The molecule has 3 aromatic rings. The number of thiophene rings is 1. The molecule has 0 unspecified atom stereocenters. The molecule has 5 rings (SSSR count). The van der Waals surface area contributed by atoms with Crippen molar-refractivity contribution >= 4 is 22.9 Å². The minimum atomic E-state index is -0.475. The molecule has 1 aromatic carbocycles. The smallest absolute Gasteiger partial charge is 0.0892 e. The van der Waals surface area contributed by atoms with E-state index in [1.807, 2.05) is 23.0 Å². The first-order chi connectivity index (χ1) is 13.7. The van der Waals surface area contributed by atoms with Gasteiger partial charge in [-0.05, 0) is 48.4 Å². The van der Waals surface area contributed by atoms with Crippen LogP contribution in [0.4, 0.5) is 0 Å². The number of halogens is 1. The van der Waals surface area contributed by atoms with Crippen molar-refractivity contribution in [1.82, 2.24) is 19.9 Å². The van der Waals surface area contributed by atoms with E-state index in [2.05, 4.69) is 44.9 Å². The summed E-state index contributed by atoms with van der Waals surface area (Å²) in [6.07, 6.45) is 4.76. The molecule has 2 aromatic heterocycles. The van der Waals surface area contributed by atoms with Crippen molar-refractivity contribution in [1.29, 1.82) is 0 Å². The number of aromatic nitrogens is 3. The standard InChI is InChI=1S/C21H23ClN4OS/c22-16-7-5-15(6-8-16)19-10-20(26-12-18(23-24-26)14-3-4-14)21(27)13-25(19)11-17-2-1-9-28-17/h1-2,5-9,12,14,19-21,27H,3-4,10-11,13H2/t19-,20-,21-/m1/s1. The quantitative estimate of drug-likeness (QED) is 0.671. The van der Waals surface area contributed by atoms with Crippen LogP contribution in [0, 0.1) is 0 Å². The summed E-state index contributed by atoms with van der Waals surface area (Å²) in [4.78, 5) is 3.68. The Morgan fingerprint density at radius 2 is 2.00 bits per heavy atom. The summed E-state index contributed by atoms with van der Waals surface area (Å²) in [5, 5.41) is 22.5. The predicted molar refractivity (Wildman–Crippen MR) is 111 cm³/mol. The summed E-state index contributed by atoms with van der Waals surface area (Å²) in [6, 6.07) is 12.4. The lowest BCUT2D eigenvalue weighted by Crippen LogP contribution is -2.46. The third kappa shape index (κ3) is 3.74. The number of piperidine rings is 1. The summed E-state index contributed by atoms with van der Waals surface area (Å²) < 4.78 is 1.89. The second-order valence-corrected chi connectivity index (χ2v) is 9.31. The largest absolute Gasteiger partial charge is 0.390 e. The average molecular weight is 415 g/mol. The Kier molecular flexibility index (Phi) is 4.97. The van der Waals surface area contributed by atoms with Crippen LogP contribution in [0.3, 0.4) is 0 Å². The highest BCUT2D eigenvalue weighted by Gasteiger charge is 2.38. The van der Waals surface area contributed by atoms with E-state index in [-0.39, 0.29) is 12.1 Å². The Labute approximate surface area is 173 Å². The van der Waals surface area contributed by atoms with E-state index in [4.69, 9.17) is 11.6 Å². The van der Waals surface area contributed by atoms with Crippen molar-refractivity contribution in [3.05, 3.63) is 69.1 Å². The van der Waals surface area contributed by atoms with Crippen molar-refractivity contribution in [3.63, 3.8) is 0 Å². The summed E-state index contributed by atoms with van der Waals surface area (Å²) in [6.45, 7) is 1.44. The Balaban J connectivity index is 1.43. The number of benzene rings is 1. The van der Waals surface area contributed by atoms with Crippen LogP contribution in [0.15, 0.2) is 48.0 Å². The first-order valence-electron chi connectivity index (χ1n) is 9.79. The van der Waals surface area contributed by atoms with Crippen molar-refractivity contribution in [2.24, 2.45) is 0 Å². The molecule has 2 aliphatic rings. The molecule has 146 valence electrons. The molecule has 0 spiro atoms. The van der Waals surface area contributed by atoms with Gasteiger partial charge in [0.25, 0.3) is 0 Å². The number of aliphatic hydroxyl groups is 1. The minimum absolute atomic E-state index is 0.0692. The molecule has 28 heavy (non-hydrogen) atoms. The molecule has 2 fully saturated rings. The molecule has 1 saturated heterocycles. The minimum Gasteiger partial charge on any atom is -0.390 e. The lowest BCUT2D eigenvalue weighted by atomic mass is 9.90. The van der Waals surface area contributed by atoms with Gasteiger partial charge in [0.1, 0.15) is 0 Å². The van der Waals surface area contributed by atoms with Gasteiger partial charge in [0.2, 0.25) is 0 Å². The summed E-state index contributed by atoms with van der Waals surface area (Å²) in [5.41, 5.74) is 2.29. The van der Waals surface area contributed by atoms with Crippen LogP contribution in [0.2, 0.25) is 5.02 Å². The van der Waals surface area contributed by atoms with Crippen LogP contribution in [-0.4, -0.2) is 37.6 Å². The fourth-order valence-electron chi connectivity index (χ4n) is 4.14. The van der Waals surface area contributed by atoms with Crippen LogP contribution in [0.1, 0.15) is 53.4 Å². The Bertz CT molecular complexity index is 922. The van der Waals surface area contributed by atoms with E-state index in [0.717, 1.165) is 23.7 Å². The number of likely N-dealkylation sites (tertiary alicyclic amines) is 1. The SMILES string of the molecule is O[C@@H]1CN(Cc2cccs2)[C@@H](c2ccc(Cl)cc2)C[C@H]1n1cc(C2CC2)nn1. The zero-order valence-electron chi connectivity index (χ0n) is 15.5. The van der Waals surface area contributed by atoms with E-state index in [1.54, 1.807) is 11.3 Å². The summed E-state index contributed by atoms with van der Waals surface area (Å²) >= 11 is 7.87. The molecule has 0 bridgehead atoms. The van der Waals surface area contributed by atoms with Gasteiger partial charge in [0, 0.05) is 41.1 Å². The summed E-state index contributed by atoms with van der Waals surface area (Å²) in [5.74, 6) is 0.567. The fourth-order valence-corrected chi connectivity index (χ4v) is 4.99. The maximum absolute atomic E-state index is 10.9. The van der Waals surface area contributed by atoms with E-state index in [0.29, 0.717) is 12.5 Å². The molecule has 0 radical (unpaired) electrons. The second-order valence-electron chi connectivity index (χ2n) is 7.84. The van der Waals surface area contributed by atoms with Gasteiger partial charge in [-0.1, -0.05) is 35.0 Å². The number of hydrogen-bond acceptors (Lipinski definition) is 5. The van der Waals surface area contributed by atoms with Gasteiger partial charge < -0.3 is 5.11 Å². The van der Waals surface area contributed by atoms with E-state index < -0.39 is 6.10 Å². The normalized spacial score (nSPS) is 25.9. The topological polar surface area (TPSA) is 54.2 Å². The molecule has 1 aliphatic heterocycles. The van der Waals surface area contributed by atoms with Crippen LogP contribution < -0.4 is 0 Å². The van der Waals surface area contributed by atoms with E-state index in [1.165, 1.54) is 23.3 Å². The molecule has 7 heteroatoms. The molecule has 1 saturated carbocycles. The van der Waals surface area contributed by atoms with E-state index in [9.17, 15) is 5.11 Å². The van der Waals surface area contributed by atoms with Crippen LogP contribution >= 0.6 is 22.9 Å². The van der Waals surface area contributed by atoms with Gasteiger partial charge >= 0.3 is 0 Å². The van der Waals surface area contributed by atoms with Crippen molar-refractivity contribution < 1.29 is 5.11 Å². The van der Waals surface area contributed by atoms with Crippen molar-refractivity contribution in [2.45, 2.75) is 49.9 Å². The lowest BCUT2D eigenvalue weighted by molar-refractivity contribution is -0.0131. The zero-order valence-corrected chi connectivity index (χ0v) is 17.1. The molecule has 0 amide bonds. The molecule has 5 nitrogen and oxygen atoms in total. The highest BCUT2D eigenvalue weighted by Crippen LogP contribution is 2.41. The monoisotopic (exact) mass is 414 g/mol. The third-order valence-electron chi connectivity index (χ3n) is 5.83. The Hall–Kier alpha value is -1.73. The molecular weight excluding hydrogens is 392 g/mol.